The van der Waals surface area contributed by atoms with E-state index in [2.05, 4.69) is 11.4 Å². The highest BCUT2D eigenvalue weighted by atomic mass is 19.1. The highest BCUT2D eigenvalue weighted by Crippen LogP contribution is 2.29. The summed E-state index contributed by atoms with van der Waals surface area (Å²) in [6, 6.07) is 8.53. The average Bonchev–Trinajstić information content (AvgIpc) is 2.47. The maximum atomic E-state index is 13.1. The molecule has 0 fully saturated rings. The van der Waals surface area contributed by atoms with E-state index in [-0.39, 0.29) is 11.7 Å². The summed E-state index contributed by atoms with van der Waals surface area (Å²) in [4.78, 5) is 12.3. The van der Waals surface area contributed by atoms with Crippen LogP contribution in [0.15, 0.2) is 24.3 Å². The van der Waals surface area contributed by atoms with Gasteiger partial charge in [0.2, 0.25) is 5.91 Å². The number of amides is 1. The second-order valence-corrected chi connectivity index (χ2v) is 5.33. The van der Waals surface area contributed by atoms with Gasteiger partial charge in [0.05, 0.1) is 6.07 Å². The molecule has 0 radical (unpaired) electrons. The van der Waals surface area contributed by atoms with Crippen molar-refractivity contribution in [2.24, 2.45) is 5.41 Å². The van der Waals surface area contributed by atoms with Crippen molar-refractivity contribution in [1.82, 2.24) is 5.32 Å². The zero-order valence-corrected chi connectivity index (χ0v) is 12.8. The Balaban J connectivity index is 2.60. The summed E-state index contributed by atoms with van der Waals surface area (Å²) in [5.74, 6) is -0.479. The van der Waals surface area contributed by atoms with Crippen LogP contribution in [0.4, 0.5) is 4.39 Å². The molecule has 1 aromatic rings. The molecule has 0 saturated heterocycles. The summed E-state index contributed by atoms with van der Waals surface area (Å²) < 4.78 is 13.1. The van der Waals surface area contributed by atoms with Crippen LogP contribution in [0.3, 0.4) is 0 Å². The monoisotopic (exact) mass is 290 g/mol. The Morgan fingerprint density at radius 1 is 1.33 bits per heavy atom. The van der Waals surface area contributed by atoms with E-state index in [0.29, 0.717) is 25.8 Å². The molecule has 1 N–H and O–H groups in total. The van der Waals surface area contributed by atoms with Gasteiger partial charge < -0.3 is 5.32 Å². The number of halogens is 1. The number of carbonyl (C=O) groups is 1. The molecule has 0 aliphatic heterocycles. The Morgan fingerprint density at radius 2 is 2.00 bits per heavy atom. The summed E-state index contributed by atoms with van der Waals surface area (Å²) in [6.45, 7) is 4.36. The van der Waals surface area contributed by atoms with Crippen LogP contribution in [0.1, 0.15) is 45.1 Å². The SMILES string of the molecule is CCCC(C#N)(CCC)C(=O)NCCc1cccc(F)c1. The number of hydrogen-bond donors (Lipinski definition) is 1. The van der Waals surface area contributed by atoms with E-state index in [9.17, 15) is 14.4 Å². The highest BCUT2D eigenvalue weighted by molar-refractivity contribution is 5.85. The van der Waals surface area contributed by atoms with Gasteiger partial charge >= 0.3 is 0 Å². The molecule has 0 heterocycles. The molecule has 0 bridgehead atoms. The molecule has 0 unspecified atom stereocenters. The van der Waals surface area contributed by atoms with Gasteiger partial charge in [0.15, 0.2) is 0 Å². The lowest BCUT2D eigenvalue weighted by Gasteiger charge is -2.24. The number of benzene rings is 1. The van der Waals surface area contributed by atoms with Crippen molar-refractivity contribution >= 4 is 5.91 Å². The van der Waals surface area contributed by atoms with Crippen molar-refractivity contribution in [3.8, 4) is 6.07 Å². The van der Waals surface area contributed by atoms with Crippen LogP contribution in [0.5, 0.6) is 0 Å². The minimum absolute atomic E-state index is 0.204. The predicted octanol–water partition coefficient (Wildman–Crippen LogP) is 3.59. The molecule has 4 heteroatoms. The first-order valence-corrected chi connectivity index (χ1v) is 7.52. The van der Waals surface area contributed by atoms with E-state index < -0.39 is 5.41 Å². The van der Waals surface area contributed by atoms with Crippen molar-refractivity contribution in [1.29, 1.82) is 5.26 Å². The van der Waals surface area contributed by atoms with Gasteiger partial charge in [-0.2, -0.15) is 5.26 Å². The van der Waals surface area contributed by atoms with Gasteiger partial charge in [-0.3, -0.25) is 4.79 Å². The minimum Gasteiger partial charge on any atom is -0.354 e. The first-order valence-electron chi connectivity index (χ1n) is 7.52. The first-order chi connectivity index (χ1) is 10.1. The lowest BCUT2D eigenvalue weighted by molar-refractivity contribution is -0.128. The molecule has 1 amide bonds. The molecule has 1 aromatic carbocycles. The van der Waals surface area contributed by atoms with Crippen LogP contribution in [-0.4, -0.2) is 12.5 Å². The number of nitrogens with zero attached hydrogens (tertiary/aromatic N) is 1. The molecule has 0 saturated carbocycles. The summed E-state index contributed by atoms with van der Waals surface area (Å²) in [6.07, 6.45) is 3.30. The quantitative estimate of drug-likeness (QED) is 0.795. The van der Waals surface area contributed by atoms with Gasteiger partial charge in [-0.15, -0.1) is 0 Å². The Kier molecular flexibility index (Phi) is 6.87. The molecule has 3 nitrogen and oxygen atoms in total. The summed E-state index contributed by atoms with van der Waals surface area (Å²) in [5.41, 5.74) is -0.0883. The fourth-order valence-electron chi connectivity index (χ4n) is 2.55. The molecular weight excluding hydrogens is 267 g/mol. The van der Waals surface area contributed by atoms with Gasteiger partial charge in [0, 0.05) is 6.54 Å². The molecule has 21 heavy (non-hydrogen) atoms. The molecular formula is C17H23FN2O. The minimum atomic E-state index is -0.925. The average molecular weight is 290 g/mol. The van der Waals surface area contributed by atoms with Crippen LogP contribution < -0.4 is 5.32 Å². The molecule has 0 atom stereocenters. The Morgan fingerprint density at radius 3 is 2.52 bits per heavy atom. The zero-order chi connectivity index (χ0) is 15.7. The van der Waals surface area contributed by atoms with E-state index in [0.717, 1.165) is 18.4 Å². The number of carbonyl (C=O) groups excluding carboxylic acids is 1. The van der Waals surface area contributed by atoms with Crippen molar-refractivity contribution < 1.29 is 9.18 Å². The second kappa shape index (κ2) is 8.41. The standard InChI is InChI=1S/C17H23FN2O/c1-3-9-17(13-19,10-4-2)16(21)20-11-8-14-6-5-7-15(18)12-14/h5-7,12H,3-4,8-11H2,1-2H3,(H,20,21). The van der Waals surface area contributed by atoms with Gasteiger partial charge in [-0.05, 0) is 37.0 Å². The predicted molar refractivity (Wildman–Crippen MR) is 81.0 cm³/mol. The van der Waals surface area contributed by atoms with E-state index in [1.807, 2.05) is 19.9 Å². The Bertz CT molecular complexity index is 502. The first kappa shape index (κ1) is 17.2. The number of nitrogens with one attached hydrogen (secondary N) is 1. The van der Waals surface area contributed by atoms with Crippen molar-refractivity contribution in [2.45, 2.75) is 46.0 Å². The van der Waals surface area contributed by atoms with E-state index in [1.165, 1.54) is 12.1 Å². The molecule has 0 aliphatic rings. The lowest BCUT2D eigenvalue weighted by Crippen LogP contribution is -2.41. The molecule has 114 valence electrons. The van der Waals surface area contributed by atoms with Crippen LogP contribution in [-0.2, 0) is 11.2 Å². The lowest BCUT2D eigenvalue weighted by atomic mass is 9.80. The third kappa shape index (κ3) is 4.86. The molecule has 0 aromatic heterocycles. The van der Waals surface area contributed by atoms with E-state index >= 15 is 0 Å². The largest absolute Gasteiger partial charge is 0.354 e. The maximum absolute atomic E-state index is 13.1. The third-order valence-electron chi connectivity index (χ3n) is 3.59. The number of nitriles is 1. The van der Waals surface area contributed by atoms with E-state index in [4.69, 9.17) is 0 Å². The summed E-state index contributed by atoms with van der Waals surface area (Å²) in [5, 5.41) is 12.2. The van der Waals surface area contributed by atoms with Crippen LogP contribution in [0.25, 0.3) is 0 Å². The topological polar surface area (TPSA) is 52.9 Å². The van der Waals surface area contributed by atoms with Gasteiger partial charge in [0.1, 0.15) is 11.2 Å². The van der Waals surface area contributed by atoms with Crippen molar-refractivity contribution in [2.75, 3.05) is 6.54 Å². The van der Waals surface area contributed by atoms with Crippen LogP contribution in [0, 0.1) is 22.6 Å². The maximum Gasteiger partial charge on any atom is 0.240 e. The van der Waals surface area contributed by atoms with Crippen LogP contribution in [0.2, 0.25) is 0 Å². The van der Waals surface area contributed by atoms with Crippen LogP contribution >= 0.6 is 0 Å². The smallest absolute Gasteiger partial charge is 0.240 e. The molecule has 1 rings (SSSR count). The summed E-state index contributed by atoms with van der Waals surface area (Å²) >= 11 is 0. The van der Waals surface area contributed by atoms with Crippen molar-refractivity contribution in [3.63, 3.8) is 0 Å². The third-order valence-corrected chi connectivity index (χ3v) is 3.59. The van der Waals surface area contributed by atoms with Gasteiger partial charge in [-0.1, -0.05) is 38.8 Å². The molecule has 0 aliphatic carbocycles. The Labute approximate surface area is 126 Å². The highest BCUT2D eigenvalue weighted by Gasteiger charge is 2.36. The van der Waals surface area contributed by atoms with Crippen molar-refractivity contribution in [3.05, 3.63) is 35.6 Å². The fraction of sp³-hybridized carbons (Fsp3) is 0.529. The van der Waals surface area contributed by atoms with Gasteiger partial charge in [0.25, 0.3) is 0 Å². The van der Waals surface area contributed by atoms with E-state index in [1.54, 1.807) is 6.07 Å². The fourth-order valence-corrected chi connectivity index (χ4v) is 2.55. The summed E-state index contributed by atoms with van der Waals surface area (Å²) in [7, 11) is 0. The normalized spacial score (nSPS) is 11.0. The van der Waals surface area contributed by atoms with Gasteiger partial charge in [-0.25, -0.2) is 4.39 Å². The second-order valence-electron chi connectivity index (χ2n) is 5.33. The molecule has 0 spiro atoms. The Hall–Kier alpha value is -1.89. The zero-order valence-electron chi connectivity index (χ0n) is 12.8. The number of rotatable bonds is 8. The number of hydrogen-bond acceptors (Lipinski definition) is 2.